The Bertz CT molecular complexity index is 344. The first-order valence-electron chi connectivity index (χ1n) is 6.67. The van der Waals surface area contributed by atoms with Crippen LogP contribution in [-0.2, 0) is 4.74 Å². The van der Waals surface area contributed by atoms with Crippen molar-refractivity contribution in [3.63, 3.8) is 0 Å². The summed E-state index contributed by atoms with van der Waals surface area (Å²) in [6.07, 6.45) is 2.06. The van der Waals surface area contributed by atoms with Crippen molar-refractivity contribution in [1.29, 1.82) is 0 Å². The van der Waals surface area contributed by atoms with Crippen molar-refractivity contribution in [2.24, 2.45) is 0 Å². The molecular weight excluding hydrogens is 228 g/mol. The molecule has 5 nitrogen and oxygen atoms in total. The highest BCUT2D eigenvalue weighted by atomic mass is 16.5. The first-order chi connectivity index (χ1) is 8.76. The highest BCUT2D eigenvalue weighted by Gasteiger charge is 2.00. The molecular formula is C13H24N4O. The fourth-order valence-electron chi connectivity index (χ4n) is 1.57. The molecule has 1 heterocycles. The van der Waals surface area contributed by atoms with Crippen LogP contribution in [0.5, 0.6) is 0 Å². The van der Waals surface area contributed by atoms with Crippen molar-refractivity contribution in [3.05, 3.63) is 11.9 Å². The van der Waals surface area contributed by atoms with Crippen LogP contribution in [0.2, 0.25) is 0 Å². The van der Waals surface area contributed by atoms with E-state index in [1.54, 1.807) is 0 Å². The average Bonchev–Trinajstić information content (AvgIpc) is 2.33. The van der Waals surface area contributed by atoms with Gasteiger partial charge in [0.25, 0.3) is 0 Å². The van der Waals surface area contributed by atoms with E-state index >= 15 is 0 Å². The van der Waals surface area contributed by atoms with Gasteiger partial charge in [-0.05, 0) is 26.7 Å². The molecule has 0 radical (unpaired) electrons. The second-order valence-electron chi connectivity index (χ2n) is 4.11. The van der Waals surface area contributed by atoms with E-state index in [2.05, 4.69) is 34.4 Å². The Balaban J connectivity index is 2.32. The van der Waals surface area contributed by atoms with E-state index in [0.717, 1.165) is 56.6 Å². The van der Waals surface area contributed by atoms with Crippen LogP contribution in [0.3, 0.4) is 0 Å². The zero-order valence-electron chi connectivity index (χ0n) is 11.6. The summed E-state index contributed by atoms with van der Waals surface area (Å²) in [7, 11) is 0. The van der Waals surface area contributed by atoms with Gasteiger partial charge in [0.15, 0.2) is 0 Å². The van der Waals surface area contributed by atoms with E-state index in [-0.39, 0.29) is 0 Å². The minimum absolute atomic E-state index is 0.776. The highest BCUT2D eigenvalue weighted by Crippen LogP contribution is 2.10. The standard InChI is InChI=1S/C13H24N4O/c1-4-8-18-9-6-7-15-13-10-12(14-5-2)16-11(3)17-13/h10H,4-9H2,1-3H3,(H2,14,15,16,17). The zero-order chi connectivity index (χ0) is 13.2. The van der Waals surface area contributed by atoms with Gasteiger partial charge in [0.2, 0.25) is 0 Å². The molecule has 0 atom stereocenters. The third-order valence-electron chi connectivity index (χ3n) is 2.32. The summed E-state index contributed by atoms with van der Waals surface area (Å²) in [6, 6.07) is 1.93. The maximum atomic E-state index is 5.42. The van der Waals surface area contributed by atoms with Crippen molar-refractivity contribution < 1.29 is 4.74 Å². The monoisotopic (exact) mass is 252 g/mol. The molecule has 0 aromatic carbocycles. The summed E-state index contributed by atoms with van der Waals surface area (Å²) in [5, 5.41) is 6.48. The van der Waals surface area contributed by atoms with Crippen LogP contribution in [0.25, 0.3) is 0 Å². The van der Waals surface area contributed by atoms with Gasteiger partial charge >= 0.3 is 0 Å². The van der Waals surface area contributed by atoms with Crippen molar-refractivity contribution in [2.75, 3.05) is 36.9 Å². The van der Waals surface area contributed by atoms with E-state index in [1.807, 2.05) is 13.0 Å². The third-order valence-corrected chi connectivity index (χ3v) is 2.32. The fraction of sp³-hybridized carbons (Fsp3) is 0.692. The summed E-state index contributed by atoms with van der Waals surface area (Å²) in [5.74, 6) is 2.52. The number of nitrogens with zero attached hydrogens (tertiary/aromatic N) is 2. The molecule has 0 fully saturated rings. The Morgan fingerprint density at radius 3 is 2.50 bits per heavy atom. The van der Waals surface area contributed by atoms with Gasteiger partial charge in [-0.2, -0.15) is 0 Å². The smallest absolute Gasteiger partial charge is 0.131 e. The van der Waals surface area contributed by atoms with Crippen molar-refractivity contribution in [1.82, 2.24) is 9.97 Å². The lowest BCUT2D eigenvalue weighted by atomic mass is 10.4. The predicted molar refractivity (Wildman–Crippen MR) is 75.1 cm³/mol. The summed E-state index contributed by atoms with van der Waals surface area (Å²) in [4.78, 5) is 8.65. The Kier molecular flexibility index (Phi) is 7.10. The van der Waals surface area contributed by atoms with Gasteiger partial charge in [-0.1, -0.05) is 6.92 Å². The van der Waals surface area contributed by atoms with E-state index < -0.39 is 0 Å². The summed E-state index contributed by atoms with van der Waals surface area (Å²) in [5.41, 5.74) is 0. The number of aryl methyl sites for hydroxylation is 1. The Morgan fingerprint density at radius 1 is 1.11 bits per heavy atom. The van der Waals surface area contributed by atoms with Gasteiger partial charge in [0.05, 0.1) is 0 Å². The lowest BCUT2D eigenvalue weighted by Gasteiger charge is -2.09. The van der Waals surface area contributed by atoms with Crippen LogP contribution in [0, 0.1) is 6.92 Å². The van der Waals surface area contributed by atoms with Crippen molar-refractivity contribution in [2.45, 2.75) is 33.6 Å². The molecule has 0 aliphatic rings. The van der Waals surface area contributed by atoms with Crippen LogP contribution in [-0.4, -0.2) is 36.3 Å². The molecule has 0 unspecified atom stereocenters. The maximum Gasteiger partial charge on any atom is 0.131 e. The molecule has 0 saturated carbocycles. The number of hydrogen-bond acceptors (Lipinski definition) is 5. The zero-order valence-corrected chi connectivity index (χ0v) is 11.6. The van der Waals surface area contributed by atoms with Crippen LogP contribution >= 0.6 is 0 Å². The van der Waals surface area contributed by atoms with E-state index in [0.29, 0.717) is 0 Å². The third kappa shape index (κ3) is 5.82. The first-order valence-corrected chi connectivity index (χ1v) is 6.67. The molecule has 0 aliphatic heterocycles. The van der Waals surface area contributed by atoms with Gasteiger partial charge in [-0.15, -0.1) is 0 Å². The van der Waals surface area contributed by atoms with Crippen molar-refractivity contribution >= 4 is 11.6 Å². The van der Waals surface area contributed by atoms with Gasteiger partial charge < -0.3 is 15.4 Å². The number of hydrogen-bond donors (Lipinski definition) is 2. The molecule has 5 heteroatoms. The number of ether oxygens (including phenoxy) is 1. The van der Waals surface area contributed by atoms with Crippen molar-refractivity contribution in [3.8, 4) is 0 Å². The Hall–Kier alpha value is -1.36. The molecule has 0 saturated heterocycles. The lowest BCUT2D eigenvalue weighted by Crippen LogP contribution is -2.09. The van der Waals surface area contributed by atoms with Gasteiger partial charge in [-0.3, -0.25) is 0 Å². The molecule has 0 spiro atoms. The van der Waals surface area contributed by atoms with Crippen LogP contribution < -0.4 is 10.6 Å². The molecule has 1 aromatic heterocycles. The Morgan fingerprint density at radius 2 is 1.83 bits per heavy atom. The van der Waals surface area contributed by atoms with E-state index in [9.17, 15) is 0 Å². The van der Waals surface area contributed by atoms with Gasteiger partial charge in [0.1, 0.15) is 17.5 Å². The molecule has 18 heavy (non-hydrogen) atoms. The highest BCUT2D eigenvalue weighted by molar-refractivity contribution is 5.47. The maximum absolute atomic E-state index is 5.42. The summed E-state index contributed by atoms with van der Waals surface area (Å²) >= 11 is 0. The molecule has 1 aromatic rings. The minimum atomic E-state index is 0.776. The van der Waals surface area contributed by atoms with Crippen LogP contribution in [0.4, 0.5) is 11.6 Å². The number of nitrogens with one attached hydrogen (secondary N) is 2. The second-order valence-corrected chi connectivity index (χ2v) is 4.11. The lowest BCUT2D eigenvalue weighted by molar-refractivity contribution is 0.134. The van der Waals surface area contributed by atoms with Crippen LogP contribution in [0.15, 0.2) is 6.07 Å². The molecule has 1 rings (SSSR count). The second kappa shape index (κ2) is 8.69. The van der Waals surface area contributed by atoms with Crippen LogP contribution in [0.1, 0.15) is 32.5 Å². The molecule has 2 N–H and O–H groups in total. The predicted octanol–water partition coefficient (Wildman–Crippen LogP) is 2.45. The Labute approximate surface area is 109 Å². The summed E-state index contributed by atoms with van der Waals surface area (Å²) in [6.45, 7) is 9.44. The van der Waals surface area contributed by atoms with Gasteiger partial charge in [0, 0.05) is 32.4 Å². The number of rotatable bonds is 9. The quantitative estimate of drug-likeness (QED) is 0.661. The topological polar surface area (TPSA) is 59.1 Å². The van der Waals surface area contributed by atoms with E-state index in [1.165, 1.54) is 0 Å². The summed E-state index contributed by atoms with van der Waals surface area (Å²) < 4.78 is 5.42. The number of anilines is 2. The van der Waals surface area contributed by atoms with Gasteiger partial charge in [-0.25, -0.2) is 9.97 Å². The number of aromatic nitrogens is 2. The minimum Gasteiger partial charge on any atom is -0.381 e. The van der Waals surface area contributed by atoms with E-state index in [4.69, 9.17) is 4.74 Å². The fourth-order valence-corrected chi connectivity index (χ4v) is 1.57. The normalized spacial score (nSPS) is 10.4. The average molecular weight is 252 g/mol. The molecule has 0 aliphatic carbocycles. The molecule has 0 bridgehead atoms. The largest absolute Gasteiger partial charge is 0.381 e. The SMILES string of the molecule is CCCOCCCNc1cc(NCC)nc(C)n1. The first kappa shape index (κ1) is 14.7. The molecule has 0 amide bonds. The molecule has 102 valence electrons.